The van der Waals surface area contributed by atoms with Gasteiger partial charge in [0.1, 0.15) is 47.8 Å². The van der Waals surface area contributed by atoms with E-state index < -0.39 is 50.8 Å². The summed E-state index contributed by atoms with van der Waals surface area (Å²) in [6.45, 7) is -6.86. The van der Waals surface area contributed by atoms with Gasteiger partial charge in [-0.15, -0.1) is 0 Å². The third-order valence-electron chi connectivity index (χ3n) is 8.99. The lowest BCUT2D eigenvalue weighted by Gasteiger charge is -2.26. The molecule has 7 heterocycles. The van der Waals surface area contributed by atoms with Gasteiger partial charge in [0, 0.05) is 25.8 Å². The van der Waals surface area contributed by atoms with Gasteiger partial charge in [0.2, 0.25) is 5.95 Å². The van der Waals surface area contributed by atoms with E-state index in [1.807, 2.05) is 4.57 Å². The molecule has 0 aromatic carbocycles. The minimum absolute atomic E-state index is 0.0594. The highest BCUT2D eigenvalue weighted by atomic mass is 32.7. The van der Waals surface area contributed by atoms with Crippen molar-refractivity contribution in [2.75, 3.05) is 62.5 Å². The predicted molar refractivity (Wildman–Crippen MR) is 196 cm³/mol. The van der Waals surface area contributed by atoms with E-state index in [-0.39, 0.29) is 35.8 Å². The molecule has 0 spiro atoms. The van der Waals surface area contributed by atoms with Crippen molar-refractivity contribution in [1.82, 2.24) is 39.4 Å². The molecule has 284 valence electrons. The average Bonchev–Trinajstić information content (AvgIpc) is 3.88. The van der Waals surface area contributed by atoms with Crippen molar-refractivity contribution in [3.05, 3.63) is 24.4 Å². The summed E-state index contributed by atoms with van der Waals surface area (Å²) in [7, 11) is 1.81. The molecule has 8 atom stereocenters. The zero-order valence-electron chi connectivity index (χ0n) is 28.3. The van der Waals surface area contributed by atoms with Crippen LogP contribution in [0, 0.1) is 0 Å². The maximum atomic E-state index is 14.2. The molecule has 0 radical (unpaired) electrons. The number of fused-ring (bicyclic) bond motifs is 1. The van der Waals surface area contributed by atoms with Crippen LogP contribution in [-0.2, 0) is 38.6 Å². The fraction of sp³-hybridized carbons (Fsp3) is 0.607. The van der Waals surface area contributed by atoms with Crippen LogP contribution in [0.5, 0.6) is 0 Å². The number of nitrogens with one attached hydrogen (secondary N) is 3. The monoisotopic (exact) mass is 801 g/mol. The van der Waals surface area contributed by atoms with Crippen LogP contribution in [0.3, 0.4) is 0 Å². The number of nitrogens with two attached hydrogens (primary N) is 1. The van der Waals surface area contributed by atoms with E-state index in [0.29, 0.717) is 25.9 Å². The molecule has 4 aromatic rings. The number of aliphatic hydroxyl groups is 1. The molecular formula is C28H41N11O9P2S2. The Morgan fingerprint density at radius 3 is 2.77 bits per heavy atom. The number of rotatable bonds is 15. The molecule has 24 heteroatoms. The molecule has 2 fully saturated rings. The summed E-state index contributed by atoms with van der Waals surface area (Å²) in [6, 6.07) is 0. The zero-order valence-corrected chi connectivity index (χ0v) is 31.8. The Morgan fingerprint density at radius 1 is 1.13 bits per heavy atom. The first-order valence-corrected chi connectivity index (χ1v) is 22.7. The number of aromatic nitrogens is 7. The zero-order chi connectivity index (χ0) is 36.6. The number of likely N-dealkylation sites (N-methyl/N-ethyl adjacent to an activating group) is 1. The standard InChI is InChI=1S/C28H41N11O9P2S2/c1-30-8-9-32-28-36-23(29)20-26(37-28)39(14-35-20)27-22(21(40)17(47-27)12-44-49(41,42)51)48-50(43,52-2)45-11-16-5-6-18(46-16)38-10-15-4-3-7-31-24-19(15)25(38)34-13-33-24/h10,13-14,16-18,21-22,27,30,40H,3-9,11-12H2,1-2H3,(H,31,33,34)(H2,41,42,51)(H3,29,32,36,37)/t16-,17+,18+,21+,22+,27+,50?/m0/s1. The summed E-state index contributed by atoms with van der Waals surface area (Å²) in [5.74, 6) is 1.13. The average molecular weight is 802 g/mol. The molecule has 0 saturated carbocycles. The molecule has 0 amide bonds. The second-order valence-electron chi connectivity index (χ2n) is 12.4. The third kappa shape index (κ3) is 7.94. The van der Waals surface area contributed by atoms with Gasteiger partial charge >= 0.3 is 13.6 Å². The third-order valence-corrected chi connectivity index (χ3v) is 13.2. The van der Waals surface area contributed by atoms with E-state index in [4.69, 9.17) is 28.8 Å². The minimum atomic E-state index is -4.24. The summed E-state index contributed by atoms with van der Waals surface area (Å²) < 4.78 is 59.0. The summed E-state index contributed by atoms with van der Waals surface area (Å²) in [4.78, 5) is 31.8. The molecule has 7 rings (SSSR count). The normalized spacial score (nSPS) is 27.0. The lowest BCUT2D eigenvalue weighted by molar-refractivity contribution is -0.0471. The maximum absolute atomic E-state index is 14.2. The predicted octanol–water partition coefficient (Wildman–Crippen LogP) is 2.70. The van der Waals surface area contributed by atoms with Crippen molar-refractivity contribution in [3.63, 3.8) is 0 Å². The van der Waals surface area contributed by atoms with E-state index in [9.17, 15) is 19.1 Å². The van der Waals surface area contributed by atoms with Gasteiger partial charge in [-0.1, -0.05) is 12.2 Å². The topological polar surface area (TPSA) is 257 Å². The number of aryl methyl sites for hydroxylation is 1. The highest BCUT2D eigenvalue weighted by Crippen LogP contribution is 2.62. The molecule has 0 bridgehead atoms. The Bertz CT molecular complexity index is 2000. The molecule has 20 nitrogen and oxygen atoms in total. The molecular weight excluding hydrogens is 760 g/mol. The van der Waals surface area contributed by atoms with Gasteiger partial charge in [0.25, 0.3) is 0 Å². The SMILES string of the molecule is CNCCNc1nc(N)c2ncn([C@@H]3O[C@H](COP(=O)(O)S)[C@@H](O)[C@H]3OP(=O)(OC[C@@H]3CC[C@H](n4cc5c6c(ncnc64)NCCC5)O3)SC)c2n1. The number of aliphatic hydroxyl groups excluding tert-OH is 1. The fourth-order valence-corrected chi connectivity index (χ4v) is 9.25. The molecule has 2 saturated heterocycles. The van der Waals surface area contributed by atoms with Crippen molar-refractivity contribution in [1.29, 1.82) is 0 Å². The Hall–Kier alpha value is -2.59. The summed E-state index contributed by atoms with van der Waals surface area (Å²) in [5.41, 5.74) is 8.63. The van der Waals surface area contributed by atoms with Gasteiger partial charge in [-0.05, 0) is 55.9 Å². The first kappa shape index (κ1) is 37.7. The summed E-state index contributed by atoms with van der Waals surface area (Å²) in [5, 5.41) is 21.9. The largest absolute Gasteiger partial charge is 0.389 e. The molecule has 3 aliphatic heterocycles. The van der Waals surface area contributed by atoms with Crippen LogP contribution >= 0.6 is 37.2 Å². The number of thiol groups is 1. The van der Waals surface area contributed by atoms with Crippen molar-refractivity contribution in [3.8, 4) is 0 Å². The van der Waals surface area contributed by atoms with Crippen LogP contribution < -0.4 is 21.7 Å². The van der Waals surface area contributed by atoms with E-state index in [2.05, 4.69) is 59.3 Å². The Balaban J connectivity index is 1.09. The van der Waals surface area contributed by atoms with Gasteiger partial charge in [0.05, 0.1) is 31.0 Å². The smallest absolute Gasteiger partial charge is 0.387 e. The van der Waals surface area contributed by atoms with E-state index >= 15 is 0 Å². The van der Waals surface area contributed by atoms with Crippen LogP contribution in [0.25, 0.3) is 22.2 Å². The van der Waals surface area contributed by atoms with Crippen molar-refractivity contribution in [2.45, 2.75) is 62.6 Å². The molecule has 52 heavy (non-hydrogen) atoms. The van der Waals surface area contributed by atoms with Crippen LogP contribution in [0.4, 0.5) is 17.6 Å². The Morgan fingerprint density at radius 2 is 1.98 bits per heavy atom. The summed E-state index contributed by atoms with van der Waals surface area (Å²) in [6.07, 6.45) is 3.74. The number of anilines is 3. The van der Waals surface area contributed by atoms with Gasteiger partial charge in [-0.2, -0.15) is 9.97 Å². The van der Waals surface area contributed by atoms with Gasteiger partial charge in [0.15, 0.2) is 17.7 Å². The fourth-order valence-electron chi connectivity index (χ4n) is 6.52. The molecule has 0 aliphatic carbocycles. The molecule has 2 unspecified atom stereocenters. The Kier molecular flexibility index (Phi) is 11.3. The number of nitrogens with zero attached hydrogens (tertiary/aromatic N) is 7. The first-order valence-electron chi connectivity index (χ1n) is 16.6. The van der Waals surface area contributed by atoms with Crippen LogP contribution in [0.1, 0.15) is 37.3 Å². The van der Waals surface area contributed by atoms with E-state index in [1.165, 1.54) is 10.9 Å². The minimum Gasteiger partial charge on any atom is -0.387 e. The van der Waals surface area contributed by atoms with Crippen molar-refractivity contribution < 1.29 is 42.2 Å². The van der Waals surface area contributed by atoms with Crippen LogP contribution in [0.2, 0.25) is 0 Å². The molecule has 7 N–H and O–H groups in total. The number of nitrogen functional groups attached to an aromatic ring is 1. The lowest BCUT2D eigenvalue weighted by Crippen LogP contribution is -2.35. The van der Waals surface area contributed by atoms with Gasteiger partial charge in [-0.3, -0.25) is 18.1 Å². The van der Waals surface area contributed by atoms with Crippen LogP contribution in [0.15, 0.2) is 18.9 Å². The van der Waals surface area contributed by atoms with Gasteiger partial charge in [-0.25, -0.2) is 24.1 Å². The van der Waals surface area contributed by atoms with Gasteiger partial charge < -0.3 is 45.7 Å². The van der Waals surface area contributed by atoms with E-state index in [0.717, 1.165) is 53.2 Å². The number of hydrogen-bond donors (Lipinski definition) is 7. The van der Waals surface area contributed by atoms with E-state index in [1.54, 1.807) is 19.6 Å². The number of ether oxygens (including phenoxy) is 2. The second kappa shape index (κ2) is 15.6. The maximum Gasteiger partial charge on any atom is 0.389 e. The van der Waals surface area contributed by atoms with Crippen LogP contribution in [-0.4, -0.2) is 115 Å². The second-order valence-corrected chi connectivity index (χ2v) is 19.3. The number of hydrogen-bond acceptors (Lipinski definition) is 18. The molecule has 3 aliphatic rings. The van der Waals surface area contributed by atoms with Crippen molar-refractivity contribution in [2.24, 2.45) is 0 Å². The highest BCUT2D eigenvalue weighted by molar-refractivity contribution is 8.54. The highest BCUT2D eigenvalue weighted by Gasteiger charge is 2.50. The Labute approximate surface area is 307 Å². The number of imidazole rings is 1. The summed E-state index contributed by atoms with van der Waals surface area (Å²) >= 11 is 4.40. The lowest BCUT2D eigenvalue weighted by atomic mass is 10.1. The quantitative estimate of drug-likeness (QED) is 0.0518. The molecule has 4 aromatic heterocycles. The first-order chi connectivity index (χ1) is 25.0. The van der Waals surface area contributed by atoms with Crippen molar-refractivity contribution >= 4 is 77.0 Å².